The maximum absolute atomic E-state index is 12.9. The molecule has 0 radical (unpaired) electrons. The first-order valence-electron chi connectivity index (χ1n) is 7.81. The van der Waals surface area contributed by atoms with Gasteiger partial charge in [-0.3, -0.25) is 4.79 Å². The Morgan fingerprint density at radius 3 is 2.36 bits per heavy atom. The average Bonchev–Trinajstić information content (AvgIpc) is 2.58. The number of benzene rings is 2. The van der Waals surface area contributed by atoms with Crippen LogP contribution in [-0.4, -0.2) is 23.1 Å². The number of hydrogen-bond donors (Lipinski definition) is 0. The maximum Gasteiger partial charge on any atom is 0.255 e. The molecule has 0 heterocycles. The second-order valence-electron chi connectivity index (χ2n) is 5.15. The average molecular weight is 313 g/mol. The number of hydrogen-bond acceptors (Lipinski definition) is 2. The molecule has 0 N–H and O–H groups in total. The van der Waals surface area contributed by atoms with E-state index in [1.165, 1.54) is 0 Å². The zero-order valence-electron chi connectivity index (χ0n) is 13.3. The summed E-state index contributed by atoms with van der Waals surface area (Å²) < 4.78 is 0. The second kappa shape index (κ2) is 8.64. The molecular weight excluding hydrogens is 290 g/mol. The van der Waals surface area contributed by atoms with Crippen molar-refractivity contribution < 1.29 is 4.79 Å². The molecule has 0 atom stereocenters. The lowest BCUT2D eigenvalue weighted by atomic mass is 10.1. The van der Waals surface area contributed by atoms with Gasteiger partial charge in [-0.1, -0.05) is 49.4 Å². The standard InChI is InChI=1S/C19H23NOS/c1-3-14-22-18-13-9-8-12-17(18)19(21)20(4-2)15-16-10-6-5-7-11-16/h5-13H,3-4,14-15H2,1-2H3. The second-order valence-corrected chi connectivity index (χ2v) is 6.29. The monoisotopic (exact) mass is 313 g/mol. The van der Waals surface area contributed by atoms with E-state index in [2.05, 4.69) is 19.1 Å². The van der Waals surface area contributed by atoms with E-state index >= 15 is 0 Å². The Bertz CT molecular complexity index is 597. The molecule has 0 saturated carbocycles. The first-order chi connectivity index (χ1) is 10.8. The molecule has 2 rings (SSSR count). The van der Waals surface area contributed by atoms with E-state index in [4.69, 9.17) is 0 Å². The Balaban J connectivity index is 2.18. The first kappa shape index (κ1) is 16.6. The van der Waals surface area contributed by atoms with Gasteiger partial charge in [-0.25, -0.2) is 0 Å². The Morgan fingerprint density at radius 1 is 1.00 bits per heavy atom. The molecular formula is C19H23NOS. The van der Waals surface area contributed by atoms with Crippen molar-refractivity contribution >= 4 is 17.7 Å². The van der Waals surface area contributed by atoms with Crippen molar-refractivity contribution in [1.29, 1.82) is 0 Å². The van der Waals surface area contributed by atoms with Crippen LogP contribution < -0.4 is 0 Å². The van der Waals surface area contributed by atoms with Crippen LogP contribution in [0.3, 0.4) is 0 Å². The Kier molecular flexibility index (Phi) is 6.53. The van der Waals surface area contributed by atoms with Crippen LogP contribution in [0.25, 0.3) is 0 Å². The van der Waals surface area contributed by atoms with E-state index < -0.39 is 0 Å². The van der Waals surface area contributed by atoms with Crippen molar-refractivity contribution in [2.24, 2.45) is 0 Å². The fraction of sp³-hybridized carbons (Fsp3) is 0.316. The van der Waals surface area contributed by atoms with Gasteiger partial charge in [0.25, 0.3) is 5.91 Å². The van der Waals surface area contributed by atoms with Crippen LogP contribution in [0.1, 0.15) is 36.2 Å². The van der Waals surface area contributed by atoms with E-state index in [0.29, 0.717) is 13.1 Å². The third kappa shape index (κ3) is 4.38. The number of carbonyl (C=O) groups is 1. The summed E-state index contributed by atoms with van der Waals surface area (Å²) in [6.45, 7) is 5.55. The summed E-state index contributed by atoms with van der Waals surface area (Å²) in [4.78, 5) is 15.9. The molecule has 0 spiro atoms. The molecule has 0 saturated heterocycles. The lowest BCUT2D eigenvalue weighted by Gasteiger charge is -2.22. The topological polar surface area (TPSA) is 20.3 Å². The smallest absolute Gasteiger partial charge is 0.255 e. The zero-order valence-corrected chi connectivity index (χ0v) is 14.1. The molecule has 2 aromatic rings. The van der Waals surface area contributed by atoms with Crippen LogP contribution in [0, 0.1) is 0 Å². The van der Waals surface area contributed by atoms with Crippen molar-refractivity contribution in [1.82, 2.24) is 4.90 Å². The lowest BCUT2D eigenvalue weighted by molar-refractivity contribution is 0.0749. The van der Waals surface area contributed by atoms with Gasteiger partial charge in [0.2, 0.25) is 0 Å². The minimum absolute atomic E-state index is 0.116. The number of carbonyl (C=O) groups excluding carboxylic acids is 1. The van der Waals surface area contributed by atoms with Crippen LogP contribution in [0.2, 0.25) is 0 Å². The fourth-order valence-electron chi connectivity index (χ4n) is 2.28. The van der Waals surface area contributed by atoms with E-state index in [-0.39, 0.29) is 5.91 Å². The van der Waals surface area contributed by atoms with Crippen LogP contribution in [-0.2, 0) is 6.54 Å². The Hall–Kier alpha value is -1.74. The van der Waals surface area contributed by atoms with Gasteiger partial charge in [0.05, 0.1) is 5.56 Å². The van der Waals surface area contributed by atoms with Gasteiger partial charge in [-0.05, 0) is 36.8 Å². The van der Waals surface area contributed by atoms with Crippen LogP contribution in [0.15, 0.2) is 59.5 Å². The van der Waals surface area contributed by atoms with Gasteiger partial charge < -0.3 is 4.90 Å². The Morgan fingerprint density at radius 2 is 1.68 bits per heavy atom. The molecule has 0 unspecified atom stereocenters. The van der Waals surface area contributed by atoms with Crippen LogP contribution in [0.5, 0.6) is 0 Å². The SMILES string of the molecule is CCCSc1ccccc1C(=O)N(CC)Cc1ccccc1. The minimum Gasteiger partial charge on any atom is -0.335 e. The van der Waals surface area contributed by atoms with Gasteiger partial charge in [-0.2, -0.15) is 0 Å². The number of rotatable bonds is 7. The summed E-state index contributed by atoms with van der Waals surface area (Å²) in [7, 11) is 0. The summed E-state index contributed by atoms with van der Waals surface area (Å²) in [5, 5.41) is 0. The van der Waals surface area contributed by atoms with E-state index in [1.54, 1.807) is 11.8 Å². The van der Waals surface area contributed by atoms with E-state index in [0.717, 1.165) is 28.2 Å². The van der Waals surface area contributed by atoms with Crippen molar-refractivity contribution in [2.75, 3.05) is 12.3 Å². The van der Waals surface area contributed by atoms with Crippen molar-refractivity contribution in [3.63, 3.8) is 0 Å². The summed E-state index contributed by atoms with van der Waals surface area (Å²) in [6.07, 6.45) is 1.11. The highest BCUT2D eigenvalue weighted by Gasteiger charge is 2.17. The molecule has 0 aliphatic carbocycles. The van der Waals surface area contributed by atoms with Gasteiger partial charge in [0, 0.05) is 18.0 Å². The van der Waals surface area contributed by atoms with Crippen LogP contribution >= 0.6 is 11.8 Å². The highest BCUT2D eigenvalue weighted by molar-refractivity contribution is 7.99. The third-order valence-electron chi connectivity index (χ3n) is 3.46. The molecule has 22 heavy (non-hydrogen) atoms. The molecule has 2 aromatic carbocycles. The molecule has 0 bridgehead atoms. The quantitative estimate of drug-likeness (QED) is 0.681. The Labute approximate surface area is 137 Å². The molecule has 0 aliphatic heterocycles. The molecule has 1 amide bonds. The van der Waals surface area contributed by atoms with Gasteiger partial charge in [-0.15, -0.1) is 11.8 Å². The van der Waals surface area contributed by atoms with Gasteiger partial charge in [0.15, 0.2) is 0 Å². The summed E-state index contributed by atoms with van der Waals surface area (Å²) in [5.74, 6) is 1.15. The third-order valence-corrected chi connectivity index (χ3v) is 4.74. The highest BCUT2D eigenvalue weighted by Crippen LogP contribution is 2.25. The zero-order chi connectivity index (χ0) is 15.8. The van der Waals surface area contributed by atoms with Crippen molar-refractivity contribution in [2.45, 2.75) is 31.7 Å². The summed E-state index contributed by atoms with van der Waals surface area (Å²) >= 11 is 1.76. The summed E-state index contributed by atoms with van der Waals surface area (Å²) in [5.41, 5.74) is 1.98. The van der Waals surface area contributed by atoms with Crippen molar-refractivity contribution in [3.8, 4) is 0 Å². The molecule has 0 fully saturated rings. The van der Waals surface area contributed by atoms with Gasteiger partial charge >= 0.3 is 0 Å². The van der Waals surface area contributed by atoms with Crippen LogP contribution in [0.4, 0.5) is 0 Å². The lowest BCUT2D eigenvalue weighted by Crippen LogP contribution is -2.30. The van der Waals surface area contributed by atoms with E-state index in [1.807, 2.05) is 54.3 Å². The molecule has 0 aromatic heterocycles. The highest BCUT2D eigenvalue weighted by atomic mass is 32.2. The summed E-state index contributed by atoms with van der Waals surface area (Å²) in [6, 6.07) is 18.1. The van der Waals surface area contributed by atoms with Crippen molar-refractivity contribution in [3.05, 3.63) is 65.7 Å². The number of amides is 1. The minimum atomic E-state index is 0.116. The molecule has 3 heteroatoms. The fourth-order valence-corrected chi connectivity index (χ4v) is 3.19. The first-order valence-corrected chi connectivity index (χ1v) is 8.79. The molecule has 0 aliphatic rings. The predicted octanol–water partition coefficient (Wildman–Crippen LogP) is 4.85. The number of nitrogens with zero attached hydrogens (tertiary/aromatic N) is 1. The van der Waals surface area contributed by atoms with E-state index in [9.17, 15) is 4.79 Å². The van der Waals surface area contributed by atoms with Gasteiger partial charge in [0.1, 0.15) is 0 Å². The molecule has 2 nitrogen and oxygen atoms in total. The molecule has 116 valence electrons. The predicted molar refractivity (Wildman–Crippen MR) is 94.3 cm³/mol. The largest absolute Gasteiger partial charge is 0.335 e. The maximum atomic E-state index is 12.9. The number of thioether (sulfide) groups is 1. The normalized spacial score (nSPS) is 10.5.